The van der Waals surface area contributed by atoms with Gasteiger partial charge in [-0.1, -0.05) is 41.4 Å². The molecule has 0 aromatic heterocycles. The van der Waals surface area contributed by atoms with Gasteiger partial charge in [0.2, 0.25) is 0 Å². The number of benzene rings is 2. The molecule has 2 amide bonds. The van der Waals surface area contributed by atoms with Gasteiger partial charge in [-0.2, -0.15) is 0 Å². The minimum absolute atomic E-state index is 0.125. The van der Waals surface area contributed by atoms with E-state index in [1.165, 1.54) is 13.2 Å². The van der Waals surface area contributed by atoms with Gasteiger partial charge in [0, 0.05) is 21.2 Å². The van der Waals surface area contributed by atoms with E-state index in [2.05, 4.69) is 0 Å². The Morgan fingerprint density at radius 3 is 2.61 bits per heavy atom. The van der Waals surface area contributed by atoms with Crippen molar-refractivity contribution in [1.82, 2.24) is 4.90 Å². The molecule has 0 N–H and O–H groups in total. The Morgan fingerprint density at radius 2 is 1.94 bits per heavy atom. The summed E-state index contributed by atoms with van der Waals surface area (Å²) in [6.07, 6.45) is 1.18. The van der Waals surface area contributed by atoms with Crippen molar-refractivity contribution in [1.29, 1.82) is 0 Å². The lowest BCUT2D eigenvalue weighted by Crippen LogP contribution is -2.35. The molecule has 0 atom stereocenters. The molecule has 1 aliphatic heterocycles. The fourth-order valence-electron chi connectivity index (χ4n) is 2.96. The maximum atomic E-state index is 12.8. The number of hydrogen-bond acceptors (Lipinski definition) is 7. The molecule has 0 spiro atoms. The molecule has 0 unspecified atom stereocenters. The normalized spacial score (nSPS) is 14.8. The van der Waals surface area contributed by atoms with E-state index in [-0.39, 0.29) is 17.6 Å². The Morgan fingerprint density at radius 1 is 1.18 bits per heavy atom. The average molecular weight is 510 g/mol. The third-order valence-corrected chi connectivity index (χ3v) is 5.93. The van der Waals surface area contributed by atoms with Crippen molar-refractivity contribution in [3.63, 3.8) is 0 Å². The van der Waals surface area contributed by atoms with Gasteiger partial charge in [0.15, 0.2) is 11.5 Å². The first-order valence-electron chi connectivity index (χ1n) is 9.88. The number of para-hydroxylation sites is 1. The van der Waals surface area contributed by atoms with Crippen molar-refractivity contribution in [3.05, 3.63) is 62.5 Å². The van der Waals surface area contributed by atoms with E-state index in [1.54, 1.807) is 50.2 Å². The lowest BCUT2D eigenvalue weighted by Gasteiger charge is -2.15. The fraction of sp³-hybridized carbons (Fsp3) is 0.261. The largest absolute Gasteiger partial charge is 0.493 e. The van der Waals surface area contributed by atoms with E-state index in [9.17, 15) is 14.4 Å². The highest BCUT2D eigenvalue weighted by Crippen LogP contribution is 2.38. The SMILES string of the molecule is COc1cccc(/C=C2\SC(=O)N(CC(=O)OC(C)C)C2=O)c1OCc1ccc(Cl)cc1Cl. The van der Waals surface area contributed by atoms with E-state index in [0.29, 0.717) is 32.7 Å². The van der Waals surface area contributed by atoms with Crippen LogP contribution < -0.4 is 9.47 Å². The lowest BCUT2D eigenvalue weighted by molar-refractivity contribution is -0.149. The van der Waals surface area contributed by atoms with Gasteiger partial charge in [-0.25, -0.2) is 0 Å². The number of imide groups is 1. The zero-order valence-corrected chi connectivity index (χ0v) is 20.4. The lowest BCUT2D eigenvalue weighted by atomic mass is 10.1. The standard InChI is InChI=1S/C23H21Cl2NO6S/c1-13(2)32-20(27)11-26-22(28)19(33-23(26)29)9-14-5-4-6-18(30-3)21(14)31-12-15-7-8-16(24)10-17(15)25/h4-10,13H,11-12H2,1-3H3/b19-9-. The number of amides is 2. The number of rotatable bonds is 8. The van der Waals surface area contributed by atoms with E-state index >= 15 is 0 Å². The van der Waals surface area contributed by atoms with Gasteiger partial charge in [0.05, 0.1) is 18.1 Å². The molecule has 10 heteroatoms. The summed E-state index contributed by atoms with van der Waals surface area (Å²) in [5.41, 5.74) is 1.23. The van der Waals surface area contributed by atoms with Crippen LogP contribution in [-0.2, 0) is 20.9 Å². The third-order valence-electron chi connectivity index (χ3n) is 4.43. The molecule has 1 heterocycles. The Balaban J connectivity index is 1.85. The van der Waals surface area contributed by atoms with Crippen LogP contribution in [0, 0.1) is 0 Å². The summed E-state index contributed by atoms with van der Waals surface area (Å²) in [6.45, 7) is 3.05. The first kappa shape index (κ1) is 25.0. The quantitative estimate of drug-likeness (QED) is 0.339. The van der Waals surface area contributed by atoms with E-state index < -0.39 is 23.7 Å². The predicted molar refractivity (Wildman–Crippen MR) is 128 cm³/mol. The number of methoxy groups -OCH3 is 1. The van der Waals surface area contributed by atoms with Crippen molar-refractivity contribution < 1.29 is 28.6 Å². The van der Waals surface area contributed by atoms with Crippen molar-refractivity contribution in [2.45, 2.75) is 26.6 Å². The van der Waals surface area contributed by atoms with Crippen LogP contribution in [-0.4, -0.2) is 41.8 Å². The molecule has 33 heavy (non-hydrogen) atoms. The number of nitrogens with zero attached hydrogens (tertiary/aromatic N) is 1. The first-order chi connectivity index (χ1) is 15.7. The number of thioether (sulfide) groups is 1. The summed E-state index contributed by atoms with van der Waals surface area (Å²) in [4.78, 5) is 38.0. The Bertz CT molecular complexity index is 1120. The minimum atomic E-state index is -0.654. The summed E-state index contributed by atoms with van der Waals surface area (Å²) in [5.74, 6) is -0.426. The summed E-state index contributed by atoms with van der Waals surface area (Å²) < 4.78 is 16.4. The molecule has 0 saturated carbocycles. The van der Waals surface area contributed by atoms with Gasteiger partial charge in [-0.05, 0) is 49.9 Å². The summed E-state index contributed by atoms with van der Waals surface area (Å²) in [6, 6.07) is 10.2. The number of carbonyl (C=O) groups is 3. The maximum absolute atomic E-state index is 12.8. The molecular formula is C23H21Cl2NO6S. The molecule has 2 aromatic carbocycles. The van der Waals surface area contributed by atoms with Gasteiger partial charge in [0.1, 0.15) is 13.2 Å². The van der Waals surface area contributed by atoms with Crippen LogP contribution in [0.4, 0.5) is 4.79 Å². The molecular weight excluding hydrogens is 489 g/mol. The number of halogens is 2. The predicted octanol–water partition coefficient (Wildman–Crippen LogP) is 5.57. The fourth-order valence-corrected chi connectivity index (χ4v) is 4.25. The highest BCUT2D eigenvalue weighted by molar-refractivity contribution is 8.18. The first-order valence-corrected chi connectivity index (χ1v) is 11.5. The molecule has 2 aromatic rings. The van der Waals surface area contributed by atoms with E-state index in [0.717, 1.165) is 16.7 Å². The summed E-state index contributed by atoms with van der Waals surface area (Å²) >= 11 is 12.9. The smallest absolute Gasteiger partial charge is 0.326 e. The van der Waals surface area contributed by atoms with Gasteiger partial charge < -0.3 is 14.2 Å². The molecule has 3 rings (SSSR count). The zero-order valence-electron chi connectivity index (χ0n) is 18.1. The Hall–Kier alpha value is -2.68. The molecule has 7 nitrogen and oxygen atoms in total. The third kappa shape index (κ3) is 6.22. The second-order valence-corrected chi connectivity index (χ2v) is 9.05. The van der Waals surface area contributed by atoms with Crippen molar-refractivity contribution >= 4 is 58.2 Å². The van der Waals surface area contributed by atoms with Crippen molar-refractivity contribution in [2.75, 3.05) is 13.7 Å². The summed E-state index contributed by atoms with van der Waals surface area (Å²) in [5, 5.41) is 0.411. The van der Waals surface area contributed by atoms with Crippen LogP contribution in [0.25, 0.3) is 6.08 Å². The molecule has 0 radical (unpaired) electrons. The molecule has 0 aliphatic carbocycles. The van der Waals surface area contributed by atoms with Gasteiger partial charge in [0.25, 0.3) is 11.1 Å². The number of carbonyl (C=O) groups excluding carboxylic acids is 3. The highest BCUT2D eigenvalue weighted by atomic mass is 35.5. The Labute approximate surface area is 205 Å². The van der Waals surface area contributed by atoms with Crippen LogP contribution in [0.15, 0.2) is 41.3 Å². The second kappa shape index (κ2) is 11.0. The van der Waals surface area contributed by atoms with Gasteiger partial charge >= 0.3 is 5.97 Å². The second-order valence-electron chi connectivity index (χ2n) is 7.21. The number of ether oxygens (including phenoxy) is 3. The minimum Gasteiger partial charge on any atom is -0.493 e. The molecule has 0 bridgehead atoms. The highest BCUT2D eigenvalue weighted by Gasteiger charge is 2.37. The van der Waals surface area contributed by atoms with E-state index in [4.69, 9.17) is 37.4 Å². The van der Waals surface area contributed by atoms with Crippen molar-refractivity contribution in [2.24, 2.45) is 0 Å². The van der Waals surface area contributed by atoms with Crippen LogP contribution >= 0.6 is 35.0 Å². The number of esters is 1. The molecule has 1 fully saturated rings. The zero-order chi connectivity index (χ0) is 24.1. The average Bonchev–Trinajstić information content (AvgIpc) is 3.00. The van der Waals surface area contributed by atoms with Crippen LogP contribution in [0.1, 0.15) is 25.0 Å². The van der Waals surface area contributed by atoms with Crippen LogP contribution in [0.3, 0.4) is 0 Å². The molecule has 1 aliphatic rings. The maximum Gasteiger partial charge on any atom is 0.326 e. The van der Waals surface area contributed by atoms with Crippen LogP contribution in [0.2, 0.25) is 10.0 Å². The molecule has 1 saturated heterocycles. The monoisotopic (exact) mass is 509 g/mol. The Kier molecular flexibility index (Phi) is 8.29. The topological polar surface area (TPSA) is 82.1 Å². The molecule has 174 valence electrons. The van der Waals surface area contributed by atoms with Gasteiger partial charge in [-0.15, -0.1) is 0 Å². The van der Waals surface area contributed by atoms with Crippen molar-refractivity contribution in [3.8, 4) is 11.5 Å². The van der Waals surface area contributed by atoms with Gasteiger partial charge in [-0.3, -0.25) is 19.3 Å². The number of hydrogen-bond donors (Lipinski definition) is 0. The van der Waals surface area contributed by atoms with E-state index in [1.807, 2.05) is 0 Å². The van der Waals surface area contributed by atoms with Crippen LogP contribution in [0.5, 0.6) is 11.5 Å². The summed E-state index contributed by atoms with van der Waals surface area (Å²) in [7, 11) is 1.50.